The fourth-order valence-corrected chi connectivity index (χ4v) is 2.66. The molecule has 5 nitrogen and oxygen atoms in total. The zero-order chi connectivity index (χ0) is 17.0. The van der Waals surface area contributed by atoms with Crippen LogP contribution in [0.1, 0.15) is 44.9 Å². The summed E-state index contributed by atoms with van der Waals surface area (Å²) in [5.41, 5.74) is 1.94. The lowest BCUT2D eigenvalue weighted by Gasteiger charge is -2.31. The SMILES string of the molecule is CC(C)OC(=O)C(C(=O)OC(C)C)C1OCCc2ccccc21. The minimum atomic E-state index is -1.11. The molecule has 0 radical (unpaired) electrons. The number of hydrogen-bond donors (Lipinski definition) is 0. The molecule has 1 aliphatic rings. The largest absolute Gasteiger partial charge is 0.462 e. The summed E-state index contributed by atoms with van der Waals surface area (Å²) in [5, 5.41) is 0. The summed E-state index contributed by atoms with van der Waals surface area (Å²) >= 11 is 0. The fourth-order valence-electron chi connectivity index (χ4n) is 2.66. The molecule has 0 aliphatic carbocycles. The molecular formula is C18H24O5. The van der Waals surface area contributed by atoms with Gasteiger partial charge in [0.2, 0.25) is 0 Å². The lowest BCUT2D eigenvalue weighted by molar-refractivity contribution is -0.175. The summed E-state index contributed by atoms with van der Waals surface area (Å²) in [7, 11) is 0. The summed E-state index contributed by atoms with van der Waals surface area (Å²) < 4.78 is 16.3. The molecular weight excluding hydrogens is 296 g/mol. The van der Waals surface area contributed by atoms with Crippen LogP contribution >= 0.6 is 0 Å². The van der Waals surface area contributed by atoms with E-state index < -0.39 is 24.0 Å². The molecule has 0 bridgehead atoms. The molecule has 1 atom stereocenters. The van der Waals surface area contributed by atoms with Crippen LogP contribution in [0, 0.1) is 5.92 Å². The molecule has 0 saturated heterocycles. The van der Waals surface area contributed by atoms with Crippen LogP contribution in [0.2, 0.25) is 0 Å². The number of carbonyl (C=O) groups is 2. The van der Waals surface area contributed by atoms with Gasteiger partial charge in [0, 0.05) is 0 Å². The van der Waals surface area contributed by atoms with E-state index in [-0.39, 0.29) is 12.2 Å². The molecule has 1 aliphatic heterocycles. The molecule has 23 heavy (non-hydrogen) atoms. The topological polar surface area (TPSA) is 61.8 Å². The number of ether oxygens (including phenoxy) is 3. The Labute approximate surface area is 136 Å². The minimum Gasteiger partial charge on any atom is -0.462 e. The average molecular weight is 320 g/mol. The lowest BCUT2D eigenvalue weighted by Crippen LogP contribution is -2.38. The van der Waals surface area contributed by atoms with Crippen molar-refractivity contribution in [2.75, 3.05) is 6.61 Å². The van der Waals surface area contributed by atoms with Crippen molar-refractivity contribution in [3.8, 4) is 0 Å². The van der Waals surface area contributed by atoms with Gasteiger partial charge in [0.25, 0.3) is 0 Å². The molecule has 0 aromatic heterocycles. The molecule has 126 valence electrons. The maximum absolute atomic E-state index is 12.5. The molecule has 5 heteroatoms. The maximum Gasteiger partial charge on any atom is 0.323 e. The third-order valence-corrected chi connectivity index (χ3v) is 3.54. The molecule has 0 fully saturated rings. The Bertz CT molecular complexity index is 542. The van der Waals surface area contributed by atoms with E-state index in [0.29, 0.717) is 6.61 Å². The second-order valence-electron chi connectivity index (χ2n) is 6.19. The third kappa shape index (κ3) is 4.32. The lowest BCUT2D eigenvalue weighted by atomic mass is 9.89. The van der Waals surface area contributed by atoms with E-state index in [2.05, 4.69) is 0 Å². The fraction of sp³-hybridized carbons (Fsp3) is 0.556. The van der Waals surface area contributed by atoms with Crippen LogP contribution in [0.25, 0.3) is 0 Å². The Morgan fingerprint density at radius 2 is 1.61 bits per heavy atom. The summed E-state index contributed by atoms with van der Waals surface area (Å²) in [6.45, 7) is 7.45. The van der Waals surface area contributed by atoms with Crippen molar-refractivity contribution >= 4 is 11.9 Å². The van der Waals surface area contributed by atoms with Crippen molar-refractivity contribution in [3.05, 3.63) is 35.4 Å². The molecule has 0 amide bonds. The normalized spacial score (nSPS) is 17.3. The van der Waals surface area contributed by atoms with Crippen LogP contribution < -0.4 is 0 Å². The third-order valence-electron chi connectivity index (χ3n) is 3.54. The first-order valence-electron chi connectivity index (χ1n) is 8.00. The van der Waals surface area contributed by atoms with E-state index in [1.807, 2.05) is 24.3 Å². The van der Waals surface area contributed by atoms with E-state index in [1.165, 1.54) is 0 Å². The predicted octanol–water partition coefficient (Wildman–Crippen LogP) is 2.82. The van der Waals surface area contributed by atoms with Gasteiger partial charge in [0.1, 0.15) is 6.10 Å². The highest BCUT2D eigenvalue weighted by atomic mass is 16.6. The summed E-state index contributed by atoms with van der Waals surface area (Å²) in [4.78, 5) is 25.0. The zero-order valence-corrected chi connectivity index (χ0v) is 14.1. The molecule has 1 unspecified atom stereocenters. The van der Waals surface area contributed by atoms with Crippen molar-refractivity contribution in [1.82, 2.24) is 0 Å². The van der Waals surface area contributed by atoms with Crippen LogP contribution in [-0.4, -0.2) is 30.8 Å². The van der Waals surface area contributed by atoms with Gasteiger partial charge in [0.15, 0.2) is 5.92 Å². The molecule has 1 aromatic rings. The molecule has 0 N–H and O–H groups in total. The van der Waals surface area contributed by atoms with Gasteiger partial charge in [-0.1, -0.05) is 24.3 Å². The second kappa shape index (κ2) is 7.59. The summed E-state index contributed by atoms with van der Waals surface area (Å²) in [6, 6.07) is 7.69. The van der Waals surface area contributed by atoms with Gasteiger partial charge >= 0.3 is 11.9 Å². The van der Waals surface area contributed by atoms with Gasteiger partial charge in [-0.05, 0) is 45.2 Å². The zero-order valence-electron chi connectivity index (χ0n) is 14.1. The van der Waals surface area contributed by atoms with E-state index in [9.17, 15) is 9.59 Å². The predicted molar refractivity (Wildman–Crippen MR) is 84.8 cm³/mol. The van der Waals surface area contributed by atoms with Gasteiger partial charge in [-0.3, -0.25) is 9.59 Å². The minimum absolute atomic E-state index is 0.310. The number of rotatable bonds is 5. The maximum atomic E-state index is 12.5. The first-order valence-corrected chi connectivity index (χ1v) is 8.00. The van der Waals surface area contributed by atoms with Crippen molar-refractivity contribution < 1.29 is 23.8 Å². The molecule has 0 saturated carbocycles. The highest BCUT2D eigenvalue weighted by molar-refractivity contribution is 5.96. The Morgan fingerprint density at radius 3 is 2.17 bits per heavy atom. The van der Waals surface area contributed by atoms with Crippen LogP contribution in [-0.2, 0) is 30.2 Å². The van der Waals surface area contributed by atoms with Crippen molar-refractivity contribution in [3.63, 3.8) is 0 Å². The molecule has 0 spiro atoms. The van der Waals surface area contributed by atoms with Crippen LogP contribution in [0.4, 0.5) is 0 Å². The highest BCUT2D eigenvalue weighted by Crippen LogP contribution is 2.34. The quantitative estimate of drug-likeness (QED) is 0.617. The molecule has 1 aromatic carbocycles. The number of carbonyl (C=O) groups excluding carboxylic acids is 2. The van der Waals surface area contributed by atoms with E-state index in [0.717, 1.165) is 17.5 Å². The molecule has 2 rings (SSSR count). The van der Waals surface area contributed by atoms with Gasteiger partial charge in [-0.15, -0.1) is 0 Å². The smallest absolute Gasteiger partial charge is 0.323 e. The first-order chi connectivity index (χ1) is 10.9. The summed E-state index contributed by atoms with van der Waals surface area (Å²) in [6.07, 6.45) is -0.526. The standard InChI is InChI=1S/C18H24O5/c1-11(2)22-17(19)15(18(20)23-12(3)4)16-14-8-6-5-7-13(14)9-10-21-16/h5-8,11-12,15-16H,9-10H2,1-4H3. The Morgan fingerprint density at radius 1 is 1.04 bits per heavy atom. The first kappa shape index (κ1) is 17.5. The van der Waals surface area contributed by atoms with Crippen molar-refractivity contribution in [1.29, 1.82) is 0 Å². The van der Waals surface area contributed by atoms with E-state index in [1.54, 1.807) is 27.7 Å². The van der Waals surface area contributed by atoms with Crippen molar-refractivity contribution in [2.24, 2.45) is 5.92 Å². The van der Waals surface area contributed by atoms with E-state index >= 15 is 0 Å². The second-order valence-corrected chi connectivity index (χ2v) is 6.19. The number of hydrogen-bond acceptors (Lipinski definition) is 5. The van der Waals surface area contributed by atoms with Crippen LogP contribution in [0.3, 0.4) is 0 Å². The van der Waals surface area contributed by atoms with Gasteiger partial charge in [-0.2, -0.15) is 0 Å². The number of fused-ring (bicyclic) bond motifs is 1. The number of esters is 2. The Kier molecular flexibility index (Phi) is 5.77. The highest BCUT2D eigenvalue weighted by Gasteiger charge is 2.42. The average Bonchev–Trinajstić information content (AvgIpc) is 2.46. The van der Waals surface area contributed by atoms with Gasteiger partial charge < -0.3 is 14.2 Å². The van der Waals surface area contributed by atoms with Gasteiger partial charge in [-0.25, -0.2) is 0 Å². The van der Waals surface area contributed by atoms with Gasteiger partial charge in [0.05, 0.1) is 18.8 Å². The van der Waals surface area contributed by atoms with Crippen molar-refractivity contribution in [2.45, 2.75) is 52.4 Å². The Hall–Kier alpha value is -1.88. The Balaban J connectivity index is 2.34. The monoisotopic (exact) mass is 320 g/mol. The van der Waals surface area contributed by atoms with Crippen LogP contribution in [0.15, 0.2) is 24.3 Å². The number of benzene rings is 1. The molecule has 1 heterocycles. The summed E-state index contributed by atoms with van der Waals surface area (Å²) in [5.74, 6) is -2.32. The van der Waals surface area contributed by atoms with Crippen LogP contribution in [0.5, 0.6) is 0 Å². The van der Waals surface area contributed by atoms with E-state index in [4.69, 9.17) is 14.2 Å².